The monoisotopic (exact) mass is 306 g/mol. The SMILES string of the molecule is CC=CC(=O)Nc1ccc(C2=NNC(=O)NC2C)cc1Cl. The molecule has 1 aliphatic rings. The Balaban J connectivity index is 2.23. The zero-order valence-electron chi connectivity index (χ0n) is 11.6. The molecule has 1 aromatic rings. The van der Waals surface area contributed by atoms with Crippen LogP contribution in [0.4, 0.5) is 10.5 Å². The number of allylic oxidation sites excluding steroid dienone is 1. The van der Waals surface area contributed by atoms with Gasteiger partial charge < -0.3 is 10.6 Å². The van der Waals surface area contributed by atoms with Crippen molar-refractivity contribution in [2.24, 2.45) is 5.10 Å². The number of hydrazone groups is 1. The van der Waals surface area contributed by atoms with E-state index in [9.17, 15) is 9.59 Å². The Morgan fingerprint density at radius 3 is 2.86 bits per heavy atom. The molecule has 0 spiro atoms. The van der Waals surface area contributed by atoms with Crippen molar-refractivity contribution in [2.75, 3.05) is 5.32 Å². The molecule has 1 unspecified atom stereocenters. The van der Waals surface area contributed by atoms with E-state index in [1.807, 2.05) is 6.92 Å². The maximum absolute atomic E-state index is 11.5. The molecule has 0 saturated heterocycles. The predicted molar refractivity (Wildman–Crippen MR) is 82.6 cm³/mol. The van der Waals surface area contributed by atoms with Crippen molar-refractivity contribution in [1.29, 1.82) is 0 Å². The van der Waals surface area contributed by atoms with Crippen LogP contribution in [-0.2, 0) is 4.79 Å². The fraction of sp³-hybridized carbons (Fsp3) is 0.214. The Morgan fingerprint density at radius 2 is 2.24 bits per heavy atom. The zero-order chi connectivity index (χ0) is 15.4. The summed E-state index contributed by atoms with van der Waals surface area (Å²) in [6.07, 6.45) is 3.06. The number of carbonyl (C=O) groups is 2. The summed E-state index contributed by atoms with van der Waals surface area (Å²) in [5, 5.41) is 9.81. The van der Waals surface area contributed by atoms with Crippen molar-refractivity contribution < 1.29 is 9.59 Å². The standard InChI is InChI=1S/C14H15ClN4O2/c1-3-4-12(20)17-11-6-5-9(7-10(11)15)13-8(2)16-14(21)19-18-13/h3-8H,1-2H3,(H,17,20)(H2,16,19,21). The quantitative estimate of drug-likeness (QED) is 0.749. The van der Waals surface area contributed by atoms with Crippen LogP contribution in [0.15, 0.2) is 35.5 Å². The molecule has 1 heterocycles. The Morgan fingerprint density at radius 1 is 1.48 bits per heavy atom. The van der Waals surface area contributed by atoms with Crippen molar-refractivity contribution in [3.05, 3.63) is 40.9 Å². The Hall–Kier alpha value is -2.34. The van der Waals surface area contributed by atoms with Crippen molar-refractivity contribution in [3.63, 3.8) is 0 Å². The van der Waals surface area contributed by atoms with Gasteiger partial charge in [-0.25, -0.2) is 10.2 Å². The molecule has 0 saturated carbocycles. The van der Waals surface area contributed by atoms with Crippen LogP contribution in [0.2, 0.25) is 5.02 Å². The van der Waals surface area contributed by atoms with Crippen LogP contribution < -0.4 is 16.1 Å². The van der Waals surface area contributed by atoms with Crippen LogP contribution in [0.3, 0.4) is 0 Å². The maximum Gasteiger partial charge on any atom is 0.335 e. The van der Waals surface area contributed by atoms with Crippen molar-refractivity contribution >= 4 is 34.9 Å². The molecule has 0 aromatic heterocycles. The second-order valence-corrected chi connectivity index (χ2v) is 4.90. The first-order valence-electron chi connectivity index (χ1n) is 6.39. The predicted octanol–water partition coefficient (Wildman–Crippen LogP) is 2.26. The van der Waals surface area contributed by atoms with Crippen LogP contribution in [0.25, 0.3) is 0 Å². The highest BCUT2D eigenvalue weighted by molar-refractivity contribution is 6.34. The molecule has 0 fully saturated rings. The van der Waals surface area contributed by atoms with E-state index in [0.29, 0.717) is 16.4 Å². The third-order valence-corrected chi connectivity index (χ3v) is 3.19. The highest BCUT2D eigenvalue weighted by Crippen LogP contribution is 2.24. The minimum Gasteiger partial charge on any atom is -0.328 e. The zero-order valence-corrected chi connectivity index (χ0v) is 12.4. The number of nitrogens with one attached hydrogen (secondary N) is 3. The van der Waals surface area contributed by atoms with E-state index in [1.165, 1.54) is 6.08 Å². The second kappa shape index (κ2) is 6.41. The maximum atomic E-state index is 11.5. The fourth-order valence-electron chi connectivity index (χ4n) is 1.92. The second-order valence-electron chi connectivity index (χ2n) is 4.49. The number of rotatable bonds is 3. The molecule has 2 rings (SSSR count). The molecular formula is C14H15ClN4O2. The summed E-state index contributed by atoms with van der Waals surface area (Å²) in [5.74, 6) is -0.246. The first kappa shape index (κ1) is 15.1. The molecule has 110 valence electrons. The molecule has 3 amide bonds. The van der Waals surface area contributed by atoms with E-state index in [4.69, 9.17) is 11.6 Å². The summed E-state index contributed by atoms with van der Waals surface area (Å²) in [7, 11) is 0. The topological polar surface area (TPSA) is 82.6 Å². The summed E-state index contributed by atoms with van der Waals surface area (Å²) in [5.41, 5.74) is 4.32. The molecule has 0 radical (unpaired) electrons. The third-order valence-electron chi connectivity index (χ3n) is 2.88. The van der Waals surface area contributed by atoms with Crippen LogP contribution in [0, 0.1) is 0 Å². The first-order chi connectivity index (χ1) is 10.0. The third kappa shape index (κ3) is 3.61. The number of benzene rings is 1. The molecule has 21 heavy (non-hydrogen) atoms. The van der Waals surface area contributed by atoms with Gasteiger partial charge in [-0.1, -0.05) is 23.7 Å². The summed E-state index contributed by atoms with van der Waals surface area (Å²) in [4.78, 5) is 22.6. The Bertz CT molecular complexity index is 640. The molecule has 3 N–H and O–H groups in total. The fourth-order valence-corrected chi connectivity index (χ4v) is 2.15. The van der Waals surface area contributed by atoms with Gasteiger partial charge in [0.2, 0.25) is 5.91 Å². The number of hydrogen-bond acceptors (Lipinski definition) is 3. The Kier molecular flexibility index (Phi) is 4.59. The average Bonchev–Trinajstić information content (AvgIpc) is 2.41. The normalized spacial score (nSPS) is 18.0. The molecule has 1 aliphatic heterocycles. The van der Waals surface area contributed by atoms with Crippen molar-refractivity contribution in [1.82, 2.24) is 10.7 Å². The molecule has 7 heteroatoms. The van der Waals surface area contributed by atoms with Crippen molar-refractivity contribution in [2.45, 2.75) is 19.9 Å². The van der Waals surface area contributed by atoms with Gasteiger partial charge in [-0.3, -0.25) is 4.79 Å². The van der Waals surface area contributed by atoms with E-state index in [0.717, 1.165) is 5.56 Å². The van der Waals surface area contributed by atoms with Crippen LogP contribution >= 0.6 is 11.6 Å². The van der Waals surface area contributed by atoms with Gasteiger partial charge in [0.1, 0.15) is 0 Å². The van der Waals surface area contributed by atoms with Gasteiger partial charge in [0.15, 0.2) is 0 Å². The number of carbonyl (C=O) groups excluding carboxylic acids is 2. The first-order valence-corrected chi connectivity index (χ1v) is 6.76. The summed E-state index contributed by atoms with van der Waals surface area (Å²) in [6, 6.07) is 4.61. The minimum absolute atomic E-state index is 0.224. The number of hydrogen-bond donors (Lipinski definition) is 3. The van der Waals surface area contributed by atoms with Gasteiger partial charge in [-0.05, 0) is 32.1 Å². The molecule has 0 aliphatic carbocycles. The molecule has 0 bridgehead atoms. The van der Waals surface area contributed by atoms with Crippen LogP contribution in [-0.4, -0.2) is 23.7 Å². The molecule has 1 atom stereocenters. The van der Waals surface area contributed by atoms with Crippen LogP contribution in [0.1, 0.15) is 19.4 Å². The van der Waals surface area contributed by atoms with E-state index < -0.39 is 0 Å². The number of nitrogens with zero attached hydrogens (tertiary/aromatic N) is 1. The van der Waals surface area contributed by atoms with E-state index in [-0.39, 0.29) is 18.0 Å². The highest BCUT2D eigenvalue weighted by atomic mass is 35.5. The lowest BCUT2D eigenvalue weighted by molar-refractivity contribution is -0.111. The molecule has 6 nitrogen and oxygen atoms in total. The Labute approximate surface area is 127 Å². The number of anilines is 1. The van der Waals surface area contributed by atoms with Gasteiger partial charge in [-0.15, -0.1) is 0 Å². The van der Waals surface area contributed by atoms with Gasteiger partial charge >= 0.3 is 6.03 Å². The number of amides is 3. The molecule has 1 aromatic carbocycles. The van der Waals surface area contributed by atoms with Crippen LogP contribution in [0.5, 0.6) is 0 Å². The van der Waals surface area contributed by atoms with E-state index in [2.05, 4.69) is 21.2 Å². The van der Waals surface area contributed by atoms with Gasteiger partial charge in [-0.2, -0.15) is 5.10 Å². The lowest BCUT2D eigenvalue weighted by atomic mass is 10.0. The lowest BCUT2D eigenvalue weighted by Gasteiger charge is -2.21. The number of urea groups is 1. The summed E-state index contributed by atoms with van der Waals surface area (Å²) < 4.78 is 0. The molecular weight excluding hydrogens is 292 g/mol. The average molecular weight is 307 g/mol. The summed E-state index contributed by atoms with van der Waals surface area (Å²) in [6.45, 7) is 3.58. The smallest absolute Gasteiger partial charge is 0.328 e. The summed E-state index contributed by atoms with van der Waals surface area (Å²) >= 11 is 6.17. The van der Waals surface area contributed by atoms with E-state index in [1.54, 1.807) is 31.2 Å². The van der Waals surface area contributed by atoms with Gasteiger partial charge in [0.25, 0.3) is 0 Å². The van der Waals surface area contributed by atoms with Gasteiger partial charge in [0, 0.05) is 5.56 Å². The van der Waals surface area contributed by atoms with E-state index >= 15 is 0 Å². The number of halogens is 1. The largest absolute Gasteiger partial charge is 0.335 e. The minimum atomic E-state index is -0.340. The van der Waals surface area contributed by atoms with Crippen molar-refractivity contribution in [3.8, 4) is 0 Å². The van der Waals surface area contributed by atoms with Gasteiger partial charge in [0.05, 0.1) is 22.5 Å². The lowest BCUT2D eigenvalue weighted by Crippen LogP contribution is -2.48. The highest BCUT2D eigenvalue weighted by Gasteiger charge is 2.20.